The van der Waals surface area contributed by atoms with Crippen molar-refractivity contribution in [2.45, 2.75) is 17.8 Å². The lowest BCUT2D eigenvalue weighted by atomic mass is 10.2. The van der Waals surface area contributed by atoms with Gasteiger partial charge in [-0.1, -0.05) is 42.1 Å². The monoisotopic (exact) mass is 218 g/mol. The molecule has 1 aromatic heterocycles. The predicted octanol–water partition coefficient (Wildman–Crippen LogP) is 3.02. The third-order valence-corrected chi connectivity index (χ3v) is 3.28. The van der Waals surface area contributed by atoms with Gasteiger partial charge in [0.25, 0.3) is 0 Å². The number of aryl methyl sites for hydroxylation is 2. The maximum atomic E-state index is 4.45. The van der Waals surface area contributed by atoms with Crippen molar-refractivity contribution in [2.75, 3.05) is 0 Å². The van der Waals surface area contributed by atoms with E-state index in [1.807, 2.05) is 26.2 Å². The van der Waals surface area contributed by atoms with Gasteiger partial charge in [0.05, 0.1) is 5.69 Å². The zero-order valence-electron chi connectivity index (χ0n) is 8.97. The van der Waals surface area contributed by atoms with Crippen LogP contribution < -0.4 is 0 Å². The van der Waals surface area contributed by atoms with Gasteiger partial charge >= 0.3 is 0 Å². The second kappa shape index (κ2) is 4.53. The van der Waals surface area contributed by atoms with Gasteiger partial charge < -0.3 is 4.57 Å². The number of imidazole rings is 1. The number of benzene rings is 1. The third kappa shape index (κ3) is 2.63. The fourth-order valence-electron chi connectivity index (χ4n) is 1.45. The van der Waals surface area contributed by atoms with Crippen molar-refractivity contribution in [1.29, 1.82) is 0 Å². The number of nitrogens with zero attached hydrogens (tertiary/aromatic N) is 2. The Morgan fingerprint density at radius 2 is 2.00 bits per heavy atom. The average molecular weight is 218 g/mol. The third-order valence-electron chi connectivity index (χ3n) is 2.16. The van der Waals surface area contributed by atoms with Crippen LogP contribution in [0.15, 0.2) is 41.7 Å². The van der Waals surface area contributed by atoms with E-state index >= 15 is 0 Å². The maximum absolute atomic E-state index is 4.45. The summed E-state index contributed by atoms with van der Waals surface area (Å²) in [5.41, 5.74) is 2.41. The minimum atomic E-state index is 0.977. The molecule has 1 heterocycles. The van der Waals surface area contributed by atoms with Crippen LogP contribution in [0.2, 0.25) is 0 Å². The van der Waals surface area contributed by atoms with Crippen LogP contribution in [-0.2, 0) is 12.8 Å². The molecule has 1 aromatic carbocycles. The molecule has 0 atom stereocenters. The first-order valence-corrected chi connectivity index (χ1v) is 5.91. The molecule has 0 saturated carbocycles. The highest BCUT2D eigenvalue weighted by Crippen LogP contribution is 2.21. The summed E-state index contributed by atoms with van der Waals surface area (Å²) in [5, 5.41) is 1.08. The molecule has 15 heavy (non-hydrogen) atoms. The van der Waals surface area contributed by atoms with Crippen LogP contribution in [0.4, 0.5) is 0 Å². The molecule has 3 heteroatoms. The van der Waals surface area contributed by atoms with Gasteiger partial charge in [-0.3, -0.25) is 0 Å². The summed E-state index contributed by atoms with van der Waals surface area (Å²) >= 11 is 1.77. The fraction of sp³-hybridized carbons (Fsp3) is 0.250. The highest BCUT2D eigenvalue weighted by molar-refractivity contribution is 7.98. The lowest BCUT2D eigenvalue weighted by Gasteiger charge is -2.01. The normalized spacial score (nSPS) is 10.5. The van der Waals surface area contributed by atoms with E-state index in [1.54, 1.807) is 11.8 Å². The molecule has 0 unspecified atom stereocenters. The quantitative estimate of drug-likeness (QED) is 0.737. The molecule has 0 N–H and O–H groups in total. The Labute approximate surface area is 94.3 Å². The van der Waals surface area contributed by atoms with Gasteiger partial charge in [-0.15, -0.1) is 0 Å². The molecule has 2 aromatic rings. The lowest BCUT2D eigenvalue weighted by Crippen LogP contribution is -1.89. The van der Waals surface area contributed by atoms with Gasteiger partial charge in [0.2, 0.25) is 0 Å². The largest absolute Gasteiger partial charge is 0.329 e. The minimum Gasteiger partial charge on any atom is -0.329 e. The topological polar surface area (TPSA) is 17.8 Å². The first kappa shape index (κ1) is 10.3. The van der Waals surface area contributed by atoms with Crippen molar-refractivity contribution in [3.05, 3.63) is 47.8 Å². The Balaban J connectivity index is 2.02. The van der Waals surface area contributed by atoms with E-state index in [0.717, 1.165) is 16.6 Å². The summed E-state index contributed by atoms with van der Waals surface area (Å²) in [5.74, 6) is 0.977. The van der Waals surface area contributed by atoms with E-state index in [4.69, 9.17) is 0 Å². The summed E-state index contributed by atoms with van der Waals surface area (Å²) in [7, 11) is 2.04. The maximum Gasteiger partial charge on any atom is 0.168 e. The Kier molecular flexibility index (Phi) is 3.11. The van der Waals surface area contributed by atoms with Crippen molar-refractivity contribution in [3.8, 4) is 0 Å². The number of aromatic nitrogens is 2. The van der Waals surface area contributed by atoms with Gasteiger partial charge in [0, 0.05) is 19.0 Å². The van der Waals surface area contributed by atoms with Crippen LogP contribution in [0, 0.1) is 6.92 Å². The SMILES string of the molecule is Cc1cn(C)c(SCc2ccccc2)n1. The van der Waals surface area contributed by atoms with Crippen molar-refractivity contribution >= 4 is 11.8 Å². The first-order chi connectivity index (χ1) is 7.25. The van der Waals surface area contributed by atoms with Gasteiger partial charge in [0.15, 0.2) is 5.16 Å². The van der Waals surface area contributed by atoms with Gasteiger partial charge in [-0.25, -0.2) is 4.98 Å². The summed E-state index contributed by atoms with van der Waals surface area (Å²) in [6, 6.07) is 10.5. The Morgan fingerprint density at radius 3 is 2.60 bits per heavy atom. The Morgan fingerprint density at radius 1 is 1.27 bits per heavy atom. The van der Waals surface area contributed by atoms with E-state index in [-0.39, 0.29) is 0 Å². The summed E-state index contributed by atoms with van der Waals surface area (Å²) in [4.78, 5) is 4.45. The van der Waals surface area contributed by atoms with E-state index in [2.05, 4.69) is 33.8 Å². The molecule has 78 valence electrons. The van der Waals surface area contributed by atoms with Crippen LogP contribution in [0.3, 0.4) is 0 Å². The molecular weight excluding hydrogens is 204 g/mol. The molecule has 0 aliphatic heterocycles. The number of hydrogen-bond acceptors (Lipinski definition) is 2. The molecule has 2 nitrogen and oxygen atoms in total. The summed E-state index contributed by atoms with van der Waals surface area (Å²) in [6.45, 7) is 2.02. The van der Waals surface area contributed by atoms with E-state index in [0.29, 0.717) is 0 Å². The van der Waals surface area contributed by atoms with Crippen molar-refractivity contribution in [1.82, 2.24) is 9.55 Å². The molecule has 2 rings (SSSR count). The molecule has 0 saturated heterocycles. The zero-order chi connectivity index (χ0) is 10.7. The second-order valence-corrected chi connectivity index (χ2v) is 4.49. The van der Waals surface area contributed by atoms with Crippen molar-refractivity contribution in [3.63, 3.8) is 0 Å². The van der Waals surface area contributed by atoms with Crippen molar-refractivity contribution < 1.29 is 0 Å². The average Bonchev–Trinajstić information content (AvgIpc) is 2.56. The molecule has 0 fully saturated rings. The number of rotatable bonds is 3. The zero-order valence-corrected chi connectivity index (χ0v) is 9.79. The second-order valence-electron chi connectivity index (χ2n) is 3.55. The molecule has 0 amide bonds. The van der Waals surface area contributed by atoms with Crippen LogP contribution in [0.25, 0.3) is 0 Å². The fourth-order valence-corrected chi connectivity index (χ4v) is 2.40. The molecule has 0 aliphatic rings. The van der Waals surface area contributed by atoms with E-state index < -0.39 is 0 Å². The summed E-state index contributed by atoms with van der Waals surface area (Å²) < 4.78 is 2.07. The molecule has 0 bridgehead atoms. The Hall–Kier alpha value is -1.22. The highest BCUT2D eigenvalue weighted by atomic mass is 32.2. The molecule has 0 aliphatic carbocycles. The molecule has 0 radical (unpaired) electrons. The number of hydrogen-bond donors (Lipinski definition) is 0. The van der Waals surface area contributed by atoms with Gasteiger partial charge in [-0.2, -0.15) is 0 Å². The van der Waals surface area contributed by atoms with Crippen LogP contribution >= 0.6 is 11.8 Å². The molecule has 0 spiro atoms. The van der Waals surface area contributed by atoms with Crippen LogP contribution in [0.5, 0.6) is 0 Å². The van der Waals surface area contributed by atoms with Crippen LogP contribution in [-0.4, -0.2) is 9.55 Å². The standard InChI is InChI=1S/C12H14N2S/c1-10-8-14(2)12(13-10)15-9-11-6-4-3-5-7-11/h3-8H,9H2,1-2H3. The lowest BCUT2D eigenvalue weighted by molar-refractivity contribution is 0.789. The molecular formula is C12H14N2S. The smallest absolute Gasteiger partial charge is 0.168 e. The first-order valence-electron chi connectivity index (χ1n) is 4.92. The number of thioether (sulfide) groups is 1. The summed E-state index contributed by atoms with van der Waals surface area (Å²) in [6.07, 6.45) is 2.05. The van der Waals surface area contributed by atoms with E-state index in [9.17, 15) is 0 Å². The van der Waals surface area contributed by atoms with E-state index in [1.165, 1.54) is 5.56 Å². The van der Waals surface area contributed by atoms with Crippen molar-refractivity contribution in [2.24, 2.45) is 7.05 Å². The predicted molar refractivity (Wildman–Crippen MR) is 63.9 cm³/mol. The minimum absolute atomic E-state index is 0.977. The Bertz CT molecular complexity index is 434. The highest BCUT2D eigenvalue weighted by Gasteiger charge is 2.02. The van der Waals surface area contributed by atoms with Gasteiger partial charge in [0.1, 0.15) is 0 Å². The van der Waals surface area contributed by atoms with Gasteiger partial charge in [-0.05, 0) is 12.5 Å². The van der Waals surface area contributed by atoms with Crippen LogP contribution in [0.1, 0.15) is 11.3 Å².